The summed E-state index contributed by atoms with van der Waals surface area (Å²) in [4.78, 5) is 20.4. The molecule has 1 N–H and O–H groups in total. The predicted octanol–water partition coefficient (Wildman–Crippen LogP) is 5.55. The van der Waals surface area contributed by atoms with Crippen LogP contribution >= 0.6 is 0 Å². The summed E-state index contributed by atoms with van der Waals surface area (Å²) < 4.78 is 2.10. The summed E-state index contributed by atoms with van der Waals surface area (Å²) in [6.07, 6.45) is 13.6. The lowest BCUT2D eigenvalue weighted by atomic mass is 9.87. The Morgan fingerprint density at radius 3 is 2.62 bits per heavy atom. The Hall–Kier alpha value is -3.02. The Labute approximate surface area is 189 Å². The van der Waals surface area contributed by atoms with Gasteiger partial charge in [-0.15, -0.1) is 0 Å². The lowest BCUT2D eigenvalue weighted by Gasteiger charge is -2.19. The average molecular weight is 433 g/mol. The van der Waals surface area contributed by atoms with Gasteiger partial charge in [-0.25, -0.2) is 14.5 Å². The van der Waals surface area contributed by atoms with E-state index in [1.807, 2.05) is 12.1 Å². The van der Waals surface area contributed by atoms with E-state index in [1.54, 1.807) is 12.3 Å². The normalized spacial score (nSPS) is 14.5. The topological polar surface area (TPSA) is 80.9 Å². The van der Waals surface area contributed by atoms with Crippen molar-refractivity contribution < 1.29 is 9.90 Å². The summed E-state index contributed by atoms with van der Waals surface area (Å²) in [5.41, 5.74) is 2.92. The van der Waals surface area contributed by atoms with Crippen LogP contribution in [0, 0.1) is 5.92 Å². The van der Waals surface area contributed by atoms with Gasteiger partial charge >= 0.3 is 5.97 Å². The minimum Gasteiger partial charge on any atom is -0.478 e. The number of carboxylic acids is 1. The van der Waals surface area contributed by atoms with Crippen molar-refractivity contribution in [1.29, 1.82) is 0 Å². The summed E-state index contributed by atoms with van der Waals surface area (Å²) in [6, 6.07) is 9.82. The van der Waals surface area contributed by atoms with E-state index in [1.165, 1.54) is 38.3 Å². The van der Waals surface area contributed by atoms with Gasteiger partial charge in [-0.05, 0) is 35.1 Å². The zero-order chi connectivity index (χ0) is 22.3. The molecular weight excluding hydrogens is 400 g/mol. The maximum Gasteiger partial charge on any atom is 0.337 e. The molecule has 2 aromatic heterocycles. The molecule has 1 aromatic carbocycles. The molecule has 1 saturated carbocycles. The molecule has 6 heteroatoms. The molecule has 0 aliphatic heterocycles. The number of carbonyl (C=O) groups is 1. The van der Waals surface area contributed by atoms with Gasteiger partial charge < -0.3 is 5.11 Å². The standard InChI is InChI=1S/C26H32N4O2/c1-2-3-15-30-25(28-24(29-30)16-19-7-5-4-6-8-19)17-20-9-11-21(12-10-20)22-13-14-27-18-23(22)26(31)32/h9-14,18-19H,2-8,15-17H2,1H3,(H,31,32). The number of carboxylic acid groups (broad SMARTS) is 1. The third kappa shape index (κ3) is 5.42. The van der Waals surface area contributed by atoms with Crippen LogP contribution in [-0.2, 0) is 19.4 Å². The quantitative estimate of drug-likeness (QED) is 0.479. The van der Waals surface area contributed by atoms with Crippen molar-refractivity contribution in [3.8, 4) is 11.1 Å². The lowest BCUT2D eigenvalue weighted by molar-refractivity contribution is 0.0697. The number of hydrogen-bond acceptors (Lipinski definition) is 4. The van der Waals surface area contributed by atoms with Crippen LogP contribution in [0.5, 0.6) is 0 Å². The fraction of sp³-hybridized carbons (Fsp3) is 0.462. The molecule has 0 spiro atoms. The maximum absolute atomic E-state index is 11.5. The van der Waals surface area contributed by atoms with E-state index in [-0.39, 0.29) is 5.56 Å². The molecule has 0 unspecified atom stereocenters. The molecule has 3 aromatic rings. The van der Waals surface area contributed by atoms with E-state index < -0.39 is 5.97 Å². The molecule has 0 radical (unpaired) electrons. The highest BCUT2D eigenvalue weighted by Gasteiger charge is 2.18. The fourth-order valence-electron chi connectivity index (χ4n) is 4.58. The number of aryl methyl sites for hydroxylation is 1. The third-order valence-electron chi connectivity index (χ3n) is 6.39. The molecule has 2 heterocycles. The van der Waals surface area contributed by atoms with Gasteiger partial charge in [0.1, 0.15) is 5.82 Å². The predicted molar refractivity (Wildman–Crippen MR) is 125 cm³/mol. The van der Waals surface area contributed by atoms with E-state index in [2.05, 4.69) is 28.7 Å². The van der Waals surface area contributed by atoms with Gasteiger partial charge in [-0.2, -0.15) is 5.10 Å². The monoisotopic (exact) mass is 432 g/mol. The van der Waals surface area contributed by atoms with Gasteiger partial charge in [0.25, 0.3) is 0 Å². The number of aromatic nitrogens is 4. The van der Waals surface area contributed by atoms with Gasteiger partial charge in [0.2, 0.25) is 0 Å². The van der Waals surface area contributed by atoms with Crippen molar-refractivity contribution >= 4 is 5.97 Å². The fourth-order valence-corrected chi connectivity index (χ4v) is 4.58. The zero-order valence-corrected chi connectivity index (χ0v) is 18.8. The van der Waals surface area contributed by atoms with Crippen molar-refractivity contribution in [1.82, 2.24) is 19.7 Å². The minimum absolute atomic E-state index is 0.215. The average Bonchev–Trinajstić information content (AvgIpc) is 3.19. The summed E-state index contributed by atoms with van der Waals surface area (Å²) in [5.74, 6) is 1.77. The first-order valence-electron chi connectivity index (χ1n) is 11.8. The largest absolute Gasteiger partial charge is 0.478 e. The number of benzene rings is 1. The van der Waals surface area contributed by atoms with Gasteiger partial charge in [0.15, 0.2) is 5.82 Å². The molecule has 0 atom stereocenters. The molecule has 1 aliphatic rings. The smallest absolute Gasteiger partial charge is 0.337 e. The highest BCUT2D eigenvalue weighted by molar-refractivity contribution is 5.95. The first-order valence-corrected chi connectivity index (χ1v) is 11.8. The number of unbranched alkanes of at least 4 members (excludes halogenated alkanes) is 1. The number of nitrogens with zero attached hydrogens (tertiary/aromatic N) is 4. The highest BCUT2D eigenvalue weighted by Crippen LogP contribution is 2.27. The Morgan fingerprint density at radius 1 is 1.12 bits per heavy atom. The molecule has 6 nitrogen and oxygen atoms in total. The van der Waals surface area contributed by atoms with Crippen LogP contribution in [0.4, 0.5) is 0 Å². The summed E-state index contributed by atoms with van der Waals surface area (Å²) >= 11 is 0. The molecule has 0 bridgehead atoms. The first-order chi connectivity index (χ1) is 15.6. The highest BCUT2D eigenvalue weighted by atomic mass is 16.4. The lowest BCUT2D eigenvalue weighted by Crippen LogP contribution is -2.10. The van der Waals surface area contributed by atoms with Crippen LogP contribution in [0.3, 0.4) is 0 Å². The van der Waals surface area contributed by atoms with Crippen molar-refractivity contribution in [2.75, 3.05) is 0 Å². The molecule has 1 fully saturated rings. The summed E-state index contributed by atoms with van der Waals surface area (Å²) in [6.45, 7) is 3.10. The first kappa shape index (κ1) is 22.2. The van der Waals surface area contributed by atoms with E-state index >= 15 is 0 Å². The van der Waals surface area contributed by atoms with Gasteiger partial charge in [-0.1, -0.05) is 69.7 Å². The molecule has 0 saturated heterocycles. The van der Waals surface area contributed by atoms with Crippen molar-refractivity contribution in [2.45, 2.75) is 71.3 Å². The number of aromatic carboxylic acids is 1. The second-order valence-electron chi connectivity index (χ2n) is 8.83. The Balaban J connectivity index is 1.52. The van der Waals surface area contributed by atoms with E-state index in [0.717, 1.165) is 60.9 Å². The molecule has 4 rings (SSSR count). The van der Waals surface area contributed by atoms with E-state index in [0.29, 0.717) is 5.56 Å². The van der Waals surface area contributed by atoms with Crippen molar-refractivity contribution in [3.63, 3.8) is 0 Å². The maximum atomic E-state index is 11.5. The van der Waals surface area contributed by atoms with Gasteiger partial charge in [0.05, 0.1) is 5.56 Å². The summed E-state index contributed by atoms with van der Waals surface area (Å²) in [5, 5.41) is 14.3. The molecule has 1 aliphatic carbocycles. The number of pyridine rings is 1. The zero-order valence-electron chi connectivity index (χ0n) is 18.8. The summed E-state index contributed by atoms with van der Waals surface area (Å²) in [7, 11) is 0. The van der Waals surface area contributed by atoms with Crippen LogP contribution in [-0.4, -0.2) is 30.8 Å². The van der Waals surface area contributed by atoms with Crippen molar-refractivity contribution in [3.05, 3.63) is 65.5 Å². The second kappa shape index (κ2) is 10.5. The molecule has 0 amide bonds. The second-order valence-corrected chi connectivity index (χ2v) is 8.83. The van der Waals surface area contributed by atoms with Crippen LogP contribution in [0.1, 0.15) is 79.4 Å². The SMILES string of the molecule is CCCCn1nc(CC2CCCCC2)nc1Cc1ccc(-c2ccncc2C(=O)O)cc1. The van der Waals surface area contributed by atoms with E-state index in [4.69, 9.17) is 10.1 Å². The van der Waals surface area contributed by atoms with Gasteiger partial charge in [-0.3, -0.25) is 4.98 Å². The third-order valence-corrected chi connectivity index (χ3v) is 6.39. The van der Waals surface area contributed by atoms with Crippen LogP contribution < -0.4 is 0 Å². The van der Waals surface area contributed by atoms with Gasteiger partial charge in [0, 0.05) is 31.8 Å². The number of rotatable bonds is 9. The van der Waals surface area contributed by atoms with Crippen molar-refractivity contribution in [2.24, 2.45) is 5.92 Å². The van der Waals surface area contributed by atoms with E-state index in [9.17, 15) is 9.90 Å². The Kier molecular flexibility index (Phi) is 7.30. The van der Waals surface area contributed by atoms with Crippen LogP contribution in [0.15, 0.2) is 42.7 Å². The Bertz CT molecular complexity index is 1040. The minimum atomic E-state index is -0.966. The van der Waals surface area contributed by atoms with Crippen LogP contribution in [0.2, 0.25) is 0 Å². The molecule has 168 valence electrons. The van der Waals surface area contributed by atoms with Crippen LogP contribution in [0.25, 0.3) is 11.1 Å². The molecule has 32 heavy (non-hydrogen) atoms. The number of hydrogen-bond donors (Lipinski definition) is 1. The molecular formula is C26H32N4O2. The Morgan fingerprint density at radius 2 is 1.91 bits per heavy atom.